The SMILES string of the molecule is Cc1ccc(NC(=O)CCc2c(-c3ccc(F)cc3)nc3ccccn23)c(C)c1. The summed E-state index contributed by atoms with van der Waals surface area (Å²) in [7, 11) is 0. The Bertz CT molecular complexity index is 1180. The van der Waals surface area contributed by atoms with Crippen LogP contribution in [-0.4, -0.2) is 15.3 Å². The first-order valence-electron chi connectivity index (χ1n) is 9.60. The molecule has 1 amide bonds. The topological polar surface area (TPSA) is 46.4 Å². The van der Waals surface area contributed by atoms with E-state index in [1.54, 1.807) is 12.1 Å². The number of rotatable bonds is 5. The molecule has 0 unspecified atom stereocenters. The molecule has 1 N–H and O–H groups in total. The van der Waals surface area contributed by atoms with Gasteiger partial charge in [0.25, 0.3) is 0 Å². The Kier molecular flexibility index (Phi) is 5.12. The second-order valence-corrected chi connectivity index (χ2v) is 7.21. The minimum atomic E-state index is -0.285. The maximum absolute atomic E-state index is 13.3. The molecule has 4 rings (SSSR count). The van der Waals surface area contributed by atoms with Crippen LogP contribution in [0.3, 0.4) is 0 Å². The summed E-state index contributed by atoms with van der Waals surface area (Å²) in [6.45, 7) is 4.01. The molecule has 146 valence electrons. The minimum Gasteiger partial charge on any atom is -0.326 e. The number of anilines is 1. The highest BCUT2D eigenvalue weighted by Gasteiger charge is 2.15. The van der Waals surface area contributed by atoms with Crippen LogP contribution in [-0.2, 0) is 11.2 Å². The Morgan fingerprint density at radius 2 is 1.86 bits per heavy atom. The number of nitrogens with zero attached hydrogens (tertiary/aromatic N) is 2. The Labute approximate surface area is 169 Å². The number of aryl methyl sites for hydroxylation is 3. The van der Waals surface area contributed by atoms with E-state index < -0.39 is 0 Å². The molecule has 5 heteroatoms. The van der Waals surface area contributed by atoms with E-state index in [1.165, 1.54) is 12.1 Å². The number of halogens is 1. The van der Waals surface area contributed by atoms with Crippen molar-refractivity contribution in [1.29, 1.82) is 0 Å². The van der Waals surface area contributed by atoms with E-state index in [9.17, 15) is 9.18 Å². The zero-order valence-electron chi connectivity index (χ0n) is 16.4. The Hall–Kier alpha value is -3.47. The van der Waals surface area contributed by atoms with Gasteiger partial charge in [0.1, 0.15) is 11.5 Å². The van der Waals surface area contributed by atoms with Gasteiger partial charge in [-0.3, -0.25) is 4.79 Å². The molecule has 0 spiro atoms. The predicted molar refractivity (Wildman–Crippen MR) is 113 cm³/mol. The lowest BCUT2D eigenvalue weighted by Gasteiger charge is -2.10. The van der Waals surface area contributed by atoms with Crippen LogP contribution < -0.4 is 5.32 Å². The highest BCUT2D eigenvalue weighted by atomic mass is 19.1. The zero-order chi connectivity index (χ0) is 20.4. The fraction of sp³-hybridized carbons (Fsp3) is 0.167. The molecule has 0 aliphatic heterocycles. The Morgan fingerprint density at radius 3 is 2.62 bits per heavy atom. The first-order valence-corrected chi connectivity index (χ1v) is 9.60. The van der Waals surface area contributed by atoms with Crippen LogP contribution in [0.25, 0.3) is 16.9 Å². The number of amides is 1. The number of nitrogens with one attached hydrogen (secondary N) is 1. The lowest BCUT2D eigenvalue weighted by atomic mass is 10.1. The van der Waals surface area contributed by atoms with Gasteiger partial charge < -0.3 is 9.72 Å². The molecule has 0 saturated carbocycles. The number of carbonyl (C=O) groups is 1. The molecular weight excluding hydrogens is 365 g/mol. The second kappa shape index (κ2) is 7.87. The number of imidazole rings is 1. The number of carbonyl (C=O) groups excluding carboxylic acids is 1. The molecule has 0 saturated heterocycles. The van der Waals surface area contributed by atoms with Gasteiger partial charge in [-0.05, 0) is 68.3 Å². The summed E-state index contributed by atoms with van der Waals surface area (Å²) >= 11 is 0. The van der Waals surface area contributed by atoms with Gasteiger partial charge in [0, 0.05) is 23.9 Å². The summed E-state index contributed by atoms with van der Waals surface area (Å²) < 4.78 is 15.3. The molecule has 0 aliphatic rings. The van der Waals surface area contributed by atoms with Gasteiger partial charge in [-0.25, -0.2) is 9.37 Å². The zero-order valence-corrected chi connectivity index (χ0v) is 16.4. The second-order valence-electron chi connectivity index (χ2n) is 7.21. The molecular formula is C24H22FN3O. The number of hydrogen-bond donors (Lipinski definition) is 1. The highest BCUT2D eigenvalue weighted by Crippen LogP contribution is 2.26. The van der Waals surface area contributed by atoms with Crippen LogP contribution >= 0.6 is 0 Å². The summed E-state index contributed by atoms with van der Waals surface area (Å²) in [5, 5.41) is 3.00. The van der Waals surface area contributed by atoms with Gasteiger partial charge in [-0.15, -0.1) is 0 Å². The lowest BCUT2D eigenvalue weighted by molar-refractivity contribution is -0.116. The van der Waals surface area contributed by atoms with Gasteiger partial charge >= 0.3 is 0 Å². The Balaban J connectivity index is 1.59. The third kappa shape index (κ3) is 4.04. The van der Waals surface area contributed by atoms with Crippen molar-refractivity contribution < 1.29 is 9.18 Å². The molecule has 0 radical (unpaired) electrons. The van der Waals surface area contributed by atoms with E-state index in [0.29, 0.717) is 12.8 Å². The third-order valence-corrected chi connectivity index (χ3v) is 4.99. The number of fused-ring (bicyclic) bond motifs is 1. The van der Waals surface area contributed by atoms with E-state index in [2.05, 4.69) is 5.32 Å². The van der Waals surface area contributed by atoms with Crippen molar-refractivity contribution in [2.75, 3.05) is 5.32 Å². The van der Waals surface area contributed by atoms with Gasteiger partial charge in [0.15, 0.2) is 0 Å². The van der Waals surface area contributed by atoms with Crippen molar-refractivity contribution in [2.24, 2.45) is 0 Å². The van der Waals surface area contributed by atoms with Gasteiger partial charge in [0.2, 0.25) is 5.91 Å². The van der Waals surface area contributed by atoms with Crippen molar-refractivity contribution in [3.8, 4) is 11.3 Å². The molecule has 2 heterocycles. The summed E-state index contributed by atoms with van der Waals surface area (Å²) in [5.74, 6) is -0.334. The summed E-state index contributed by atoms with van der Waals surface area (Å²) in [6.07, 6.45) is 2.78. The van der Waals surface area contributed by atoms with Gasteiger partial charge in [-0.2, -0.15) is 0 Å². The van der Waals surface area contributed by atoms with Crippen LogP contribution in [0, 0.1) is 19.7 Å². The van der Waals surface area contributed by atoms with E-state index in [0.717, 1.165) is 39.4 Å². The summed E-state index contributed by atoms with van der Waals surface area (Å²) in [6, 6.07) is 18.0. The van der Waals surface area contributed by atoms with Crippen molar-refractivity contribution >= 4 is 17.2 Å². The van der Waals surface area contributed by atoms with E-state index in [1.807, 2.05) is 60.8 Å². The van der Waals surface area contributed by atoms with Crippen molar-refractivity contribution in [3.63, 3.8) is 0 Å². The standard InChI is InChI=1S/C24H22FN3O/c1-16-6-11-20(17(2)15-16)26-23(29)13-12-21-24(18-7-9-19(25)10-8-18)27-22-5-3-4-14-28(21)22/h3-11,14-15H,12-13H2,1-2H3,(H,26,29). The number of aromatic nitrogens is 2. The molecule has 0 atom stereocenters. The predicted octanol–water partition coefficient (Wildman–Crippen LogP) is 5.33. The average molecular weight is 387 g/mol. The largest absolute Gasteiger partial charge is 0.326 e. The molecule has 2 aromatic carbocycles. The minimum absolute atomic E-state index is 0.0482. The normalized spacial score (nSPS) is 11.0. The quantitative estimate of drug-likeness (QED) is 0.503. The highest BCUT2D eigenvalue weighted by molar-refractivity contribution is 5.91. The number of hydrogen-bond acceptors (Lipinski definition) is 2. The first kappa shape index (κ1) is 18.9. The van der Waals surface area contributed by atoms with Crippen LogP contribution in [0.15, 0.2) is 66.9 Å². The van der Waals surface area contributed by atoms with Crippen LogP contribution in [0.5, 0.6) is 0 Å². The van der Waals surface area contributed by atoms with E-state index in [-0.39, 0.29) is 11.7 Å². The summed E-state index contributed by atoms with van der Waals surface area (Å²) in [4.78, 5) is 17.3. The molecule has 2 aromatic heterocycles. The van der Waals surface area contributed by atoms with Crippen LogP contribution in [0.2, 0.25) is 0 Å². The average Bonchev–Trinajstić information content (AvgIpc) is 3.08. The van der Waals surface area contributed by atoms with Gasteiger partial charge in [0.05, 0.1) is 11.4 Å². The maximum atomic E-state index is 13.3. The molecule has 0 fully saturated rings. The smallest absolute Gasteiger partial charge is 0.224 e. The summed E-state index contributed by atoms with van der Waals surface area (Å²) in [5.41, 5.74) is 6.38. The van der Waals surface area contributed by atoms with Crippen LogP contribution in [0.4, 0.5) is 10.1 Å². The van der Waals surface area contributed by atoms with Crippen molar-refractivity contribution in [1.82, 2.24) is 9.38 Å². The molecule has 29 heavy (non-hydrogen) atoms. The van der Waals surface area contributed by atoms with Crippen LogP contribution in [0.1, 0.15) is 23.2 Å². The monoisotopic (exact) mass is 387 g/mol. The molecule has 0 aliphatic carbocycles. The Morgan fingerprint density at radius 1 is 1.07 bits per heavy atom. The maximum Gasteiger partial charge on any atom is 0.224 e. The molecule has 4 nitrogen and oxygen atoms in total. The van der Waals surface area contributed by atoms with Gasteiger partial charge in [-0.1, -0.05) is 23.8 Å². The third-order valence-electron chi connectivity index (χ3n) is 4.99. The molecule has 4 aromatic rings. The first-order chi connectivity index (χ1) is 14.0. The van der Waals surface area contributed by atoms with Crippen molar-refractivity contribution in [2.45, 2.75) is 26.7 Å². The number of pyridine rings is 1. The van der Waals surface area contributed by atoms with Crippen molar-refractivity contribution in [3.05, 3.63) is 89.5 Å². The molecule has 0 bridgehead atoms. The fourth-order valence-electron chi connectivity index (χ4n) is 3.52. The lowest BCUT2D eigenvalue weighted by Crippen LogP contribution is -2.14. The number of benzene rings is 2. The van der Waals surface area contributed by atoms with E-state index >= 15 is 0 Å². The fourth-order valence-corrected chi connectivity index (χ4v) is 3.52. The van der Waals surface area contributed by atoms with E-state index in [4.69, 9.17) is 4.98 Å².